The van der Waals surface area contributed by atoms with E-state index in [9.17, 15) is 25.2 Å². The van der Waals surface area contributed by atoms with Gasteiger partial charge in [0.2, 0.25) is 0 Å². The van der Waals surface area contributed by atoms with Crippen LogP contribution in [0.15, 0.2) is 0 Å². The number of carbonyl (C=O) groups is 1. The smallest absolute Gasteiger partial charge is 0.364 e. The number of aliphatic hydroxyl groups excluding tert-OH is 4. The van der Waals surface area contributed by atoms with E-state index in [2.05, 4.69) is 0 Å². The van der Waals surface area contributed by atoms with Crippen molar-refractivity contribution in [3.05, 3.63) is 0 Å². The first kappa shape index (κ1) is 15.2. The number of ether oxygens (including phenoxy) is 1. The first-order valence-electron chi connectivity index (χ1n) is 5.27. The van der Waals surface area contributed by atoms with Gasteiger partial charge in [-0.05, 0) is 0 Å². The first-order valence-corrected chi connectivity index (χ1v) is 5.27. The second-order valence-electron chi connectivity index (χ2n) is 4.26. The molecule has 0 unspecified atom stereocenters. The summed E-state index contributed by atoms with van der Waals surface area (Å²) in [6.07, 6.45) is -7.01. The Bertz CT molecular complexity index is 313. The molecule has 1 fully saturated rings. The van der Waals surface area contributed by atoms with Crippen molar-refractivity contribution < 1.29 is 40.2 Å². The van der Waals surface area contributed by atoms with Gasteiger partial charge < -0.3 is 41.1 Å². The lowest BCUT2D eigenvalue weighted by atomic mass is 9.89. The van der Waals surface area contributed by atoms with Crippen LogP contribution in [0, 0.1) is 0 Å². The Morgan fingerprint density at radius 2 is 2.06 bits per heavy atom. The molecule has 18 heavy (non-hydrogen) atoms. The molecule has 6 atom stereocenters. The third kappa shape index (κ3) is 2.78. The van der Waals surface area contributed by atoms with Gasteiger partial charge in [-0.2, -0.15) is 0 Å². The maximum absolute atomic E-state index is 10.8. The number of nitrogens with two attached hydrogens (primary N) is 1. The van der Waals surface area contributed by atoms with Crippen molar-refractivity contribution in [1.29, 1.82) is 0 Å². The Hall–Kier alpha value is -0.810. The molecule has 1 aliphatic heterocycles. The molecule has 0 radical (unpaired) electrons. The lowest BCUT2D eigenvalue weighted by Crippen LogP contribution is -2.65. The van der Waals surface area contributed by atoms with E-state index < -0.39 is 55.2 Å². The molecule has 0 aromatic heterocycles. The Balaban J connectivity index is 2.92. The zero-order chi connectivity index (χ0) is 14.1. The number of carboxylic acid groups (broad SMARTS) is 1. The Kier molecular flexibility index (Phi) is 4.61. The van der Waals surface area contributed by atoms with Crippen molar-refractivity contribution in [3.63, 3.8) is 0 Å². The summed E-state index contributed by atoms with van der Waals surface area (Å²) in [5, 5.41) is 55.5. The second-order valence-corrected chi connectivity index (χ2v) is 4.26. The minimum absolute atomic E-state index is 0.665. The van der Waals surface area contributed by atoms with Gasteiger partial charge in [0.05, 0.1) is 18.8 Å². The summed E-state index contributed by atoms with van der Waals surface area (Å²) in [6, 6.07) is -1.21. The van der Waals surface area contributed by atoms with Gasteiger partial charge in [-0.15, -0.1) is 0 Å². The third-order valence-corrected chi connectivity index (χ3v) is 2.89. The molecular formula is C9H17NO8. The van der Waals surface area contributed by atoms with Crippen molar-refractivity contribution in [2.45, 2.75) is 42.7 Å². The van der Waals surface area contributed by atoms with Gasteiger partial charge in [0.1, 0.15) is 18.3 Å². The number of rotatable bonds is 4. The highest BCUT2D eigenvalue weighted by atomic mass is 16.7. The van der Waals surface area contributed by atoms with Gasteiger partial charge in [0.25, 0.3) is 5.79 Å². The zero-order valence-corrected chi connectivity index (χ0v) is 9.38. The van der Waals surface area contributed by atoms with E-state index in [0.717, 1.165) is 0 Å². The van der Waals surface area contributed by atoms with Crippen LogP contribution in [0.3, 0.4) is 0 Å². The van der Waals surface area contributed by atoms with Crippen LogP contribution in [0.5, 0.6) is 0 Å². The molecule has 1 aliphatic rings. The molecule has 0 aliphatic carbocycles. The minimum Gasteiger partial charge on any atom is -0.477 e. The van der Waals surface area contributed by atoms with Gasteiger partial charge in [-0.3, -0.25) is 0 Å². The molecule has 1 rings (SSSR count). The molecule has 9 nitrogen and oxygen atoms in total. The quantitative estimate of drug-likeness (QED) is 0.267. The van der Waals surface area contributed by atoms with E-state index in [-0.39, 0.29) is 0 Å². The van der Waals surface area contributed by atoms with Crippen LogP contribution in [0.2, 0.25) is 0 Å². The van der Waals surface area contributed by atoms with E-state index in [1.165, 1.54) is 0 Å². The van der Waals surface area contributed by atoms with Crippen LogP contribution in [0.4, 0.5) is 0 Å². The maximum atomic E-state index is 10.8. The largest absolute Gasteiger partial charge is 0.477 e. The summed E-state index contributed by atoms with van der Waals surface area (Å²) in [5.74, 6) is -4.44. The molecule has 0 aromatic carbocycles. The van der Waals surface area contributed by atoms with E-state index in [4.69, 9.17) is 20.7 Å². The van der Waals surface area contributed by atoms with Crippen molar-refractivity contribution in [1.82, 2.24) is 0 Å². The van der Waals surface area contributed by atoms with Gasteiger partial charge >= 0.3 is 5.97 Å². The van der Waals surface area contributed by atoms with E-state index >= 15 is 0 Å². The Morgan fingerprint density at radius 1 is 1.50 bits per heavy atom. The van der Waals surface area contributed by atoms with Crippen LogP contribution in [0.1, 0.15) is 6.42 Å². The van der Waals surface area contributed by atoms with Crippen LogP contribution in [0.25, 0.3) is 0 Å². The number of aliphatic hydroxyl groups is 5. The summed E-state index contributed by atoms with van der Waals surface area (Å²) >= 11 is 0. The van der Waals surface area contributed by atoms with E-state index in [1.54, 1.807) is 0 Å². The SMILES string of the molecule is N[C@H]1[C@H]([C@H](O)[C@@H](O)CO)O[C@@](O)(C(=O)O)C[C@@H]1O. The molecule has 1 heterocycles. The van der Waals surface area contributed by atoms with Gasteiger partial charge in [0.15, 0.2) is 0 Å². The van der Waals surface area contributed by atoms with Crippen LogP contribution in [-0.4, -0.2) is 79.5 Å². The molecule has 1 saturated heterocycles. The maximum Gasteiger partial charge on any atom is 0.364 e. The molecule has 106 valence electrons. The van der Waals surface area contributed by atoms with Crippen LogP contribution >= 0.6 is 0 Å². The van der Waals surface area contributed by atoms with Crippen LogP contribution in [-0.2, 0) is 9.53 Å². The summed E-state index contributed by atoms with van der Waals surface area (Å²) in [4.78, 5) is 10.8. The van der Waals surface area contributed by atoms with Gasteiger partial charge in [-0.1, -0.05) is 0 Å². The molecule has 0 saturated carbocycles. The molecule has 0 bridgehead atoms. The second kappa shape index (κ2) is 5.45. The predicted molar refractivity (Wildman–Crippen MR) is 55.2 cm³/mol. The highest BCUT2D eigenvalue weighted by Crippen LogP contribution is 2.29. The lowest BCUT2D eigenvalue weighted by Gasteiger charge is -2.43. The van der Waals surface area contributed by atoms with Crippen LogP contribution < -0.4 is 5.73 Å². The number of hydrogen-bond donors (Lipinski definition) is 7. The standard InChI is InChI=1S/C9H17NO8/c10-5-3(12)1-9(17,8(15)16)18-7(5)6(14)4(13)2-11/h3-7,11-14,17H,1-2,10H2,(H,15,16)/t3-,4-,5+,6+,7+,9+/m0/s1. The molecule has 9 heteroatoms. The average Bonchev–Trinajstić information content (AvgIpc) is 2.31. The monoisotopic (exact) mass is 267 g/mol. The Morgan fingerprint density at radius 3 is 2.50 bits per heavy atom. The average molecular weight is 267 g/mol. The van der Waals surface area contributed by atoms with E-state index in [0.29, 0.717) is 0 Å². The Labute approximate surface area is 102 Å². The van der Waals surface area contributed by atoms with Crippen molar-refractivity contribution in [2.75, 3.05) is 6.61 Å². The highest BCUT2D eigenvalue weighted by Gasteiger charge is 2.52. The first-order chi connectivity index (χ1) is 8.23. The fourth-order valence-corrected chi connectivity index (χ4v) is 1.75. The zero-order valence-electron chi connectivity index (χ0n) is 9.38. The van der Waals surface area contributed by atoms with E-state index in [1.807, 2.05) is 0 Å². The number of carboxylic acids is 1. The molecular weight excluding hydrogens is 250 g/mol. The molecule has 0 amide bonds. The summed E-state index contributed by atoms with van der Waals surface area (Å²) in [7, 11) is 0. The van der Waals surface area contributed by atoms with Crippen molar-refractivity contribution in [3.8, 4) is 0 Å². The normalized spacial score (nSPS) is 40.2. The third-order valence-electron chi connectivity index (χ3n) is 2.89. The fourth-order valence-electron chi connectivity index (χ4n) is 1.75. The summed E-state index contributed by atoms with van der Waals surface area (Å²) in [6.45, 7) is -0.810. The fraction of sp³-hybridized carbons (Fsp3) is 0.889. The topological polar surface area (TPSA) is 174 Å². The highest BCUT2D eigenvalue weighted by molar-refractivity contribution is 5.75. The number of hydrogen-bond acceptors (Lipinski definition) is 8. The predicted octanol–water partition coefficient (Wildman–Crippen LogP) is -4.05. The van der Waals surface area contributed by atoms with Crippen molar-refractivity contribution in [2.24, 2.45) is 5.73 Å². The minimum atomic E-state index is -2.70. The van der Waals surface area contributed by atoms with Gasteiger partial charge in [0, 0.05) is 6.42 Å². The van der Waals surface area contributed by atoms with Gasteiger partial charge in [-0.25, -0.2) is 4.79 Å². The van der Waals surface area contributed by atoms with Crippen molar-refractivity contribution >= 4 is 5.97 Å². The summed E-state index contributed by atoms with van der Waals surface area (Å²) in [5.41, 5.74) is 5.51. The molecule has 0 spiro atoms. The summed E-state index contributed by atoms with van der Waals surface area (Å²) < 4.78 is 4.75. The lowest BCUT2D eigenvalue weighted by molar-refractivity contribution is -0.292. The number of aliphatic carboxylic acids is 1. The molecule has 0 aromatic rings. The molecule has 8 N–H and O–H groups in total.